The lowest BCUT2D eigenvalue weighted by molar-refractivity contribution is -0.121. The highest BCUT2D eigenvalue weighted by molar-refractivity contribution is 6.35. The number of nitrogens with zero attached hydrogens (tertiary/aromatic N) is 1. The van der Waals surface area contributed by atoms with E-state index in [0.29, 0.717) is 41.8 Å². The number of rotatable bonds is 13. The highest BCUT2D eigenvalue weighted by atomic mass is 16.2. The average Bonchev–Trinajstić information content (AvgIpc) is 3.46. The zero-order valence-electron chi connectivity index (χ0n) is 25.4. The molecule has 4 N–H and O–H groups in total. The van der Waals surface area contributed by atoms with E-state index < -0.39 is 0 Å². The highest BCUT2D eigenvalue weighted by Gasteiger charge is 2.26. The third kappa shape index (κ3) is 7.18. The van der Waals surface area contributed by atoms with Crippen LogP contribution in [0.5, 0.6) is 0 Å². The molecule has 0 aliphatic carbocycles. The SMILES string of the molecule is CCC(NC(=O)c1ccc2c(c1)/C(=C/c1[nH]c(C)c(CCC(=O)NCCN(CC)CC)c1C)C(=O)N2)c1ccccc1. The highest BCUT2D eigenvalue weighted by Crippen LogP contribution is 2.35. The van der Waals surface area contributed by atoms with Crippen LogP contribution in [-0.4, -0.2) is 53.8 Å². The molecule has 1 aliphatic heterocycles. The minimum Gasteiger partial charge on any atom is -0.359 e. The molecular weight excluding hydrogens is 526 g/mol. The van der Waals surface area contributed by atoms with Crippen molar-refractivity contribution < 1.29 is 14.4 Å². The maximum atomic E-state index is 13.2. The fourth-order valence-electron chi connectivity index (χ4n) is 5.52. The minimum atomic E-state index is -0.209. The van der Waals surface area contributed by atoms with Crippen LogP contribution >= 0.6 is 0 Å². The second-order valence-electron chi connectivity index (χ2n) is 10.8. The molecule has 0 spiro atoms. The Hall–Kier alpha value is -4.17. The number of anilines is 1. The summed E-state index contributed by atoms with van der Waals surface area (Å²) in [5.41, 5.74) is 7.33. The van der Waals surface area contributed by atoms with Crippen molar-refractivity contribution in [3.8, 4) is 0 Å². The number of aryl methyl sites for hydroxylation is 1. The van der Waals surface area contributed by atoms with E-state index in [-0.39, 0.29) is 23.8 Å². The first-order valence-electron chi connectivity index (χ1n) is 15.0. The summed E-state index contributed by atoms with van der Waals surface area (Å²) < 4.78 is 0. The first-order chi connectivity index (χ1) is 20.2. The predicted octanol–water partition coefficient (Wildman–Crippen LogP) is 5.40. The Morgan fingerprint density at radius 1 is 1.02 bits per heavy atom. The topological polar surface area (TPSA) is 106 Å². The van der Waals surface area contributed by atoms with Gasteiger partial charge in [-0.2, -0.15) is 0 Å². The molecule has 3 aromatic rings. The number of amides is 3. The van der Waals surface area contributed by atoms with Gasteiger partial charge in [0, 0.05) is 47.7 Å². The van der Waals surface area contributed by atoms with Crippen molar-refractivity contribution in [2.45, 2.75) is 59.9 Å². The summed E-state index contributed by atoms with van der Waals surface area (Å²) in [6, 6.07) is 15.1. The van der Waals surface area contributed by atoms with E-state index in [1.807, 2.05) is 57.2 Å². The van der Waals surface area contributed by atoms with E-state index in [2.05, 4.69) is 39.7 Å². The normalized spacial score (nSPS) is 14.1. The number of benzene rings is 2. The van der Waals surface area contributed by atoms with Gasteiger partial charge < -0.3 is 25.8 Å². The van der Waals surface area contributed by atoms with Gasteiger partial charge in [-0.05, 0) is 80.7 Å². The minimum absolute atomic E-state index is 0.0366. The van der Waals surface area contributed by atoms with Crippen molar-refractivity contribution in [2.75, 3.05) is 31.5 Å². The van der Waals surface area contributed by atoms with E-state index >= 15 is 0 Å². The Morgan fingerprint density at radius 3 is 2.45 bits per heavy atom. The number of nitrogens with one attached hydrogen (secondary N) is 4. The van der Waals surface area contributed by atoms with Crippen molar-refractivity contribution >= 4 is 35.1 Å². The Balaban J connectivity index is 1.48. The second kappa shape index (κ2) is 14.1. The summed E-state index contributed by atoms with van der Waals surface area (Å²) in [7, 11) is 0. The van der Waals surface area contributed by atoms with Crippen LogP contribution in [0.25, 0.3) is 11.6 Å². The van der Waals surface area contributed by atoms with E-state index in [0.717, 1.165) is 54.1 Å². The van der Waals surface area contributed by atoms with Crippen molar-refractivity contribution in [1.82, 2.24) is 20.5 Å². The molecule has 4 rings (SSSR count). The zero-order chi connectivity index (χ0) is 30.2. The standard InChI is InChI=1S/C34H43N5O3/c1-6-29(24-12-10-9-11-13-24)37-33(41)25-14-16-30-27(20-25)28(34(42)38-30)21-31-22(4)26(23(5)36-31)15-17-32(40)35-18-19-39(7-2)8-3/h9-14,16,20-21,29,36H,6-8,15,17-19H2,1-5H3,(H,35,40)(H,37,41)(H,38,42)/b28-21-. The van der Waals surface area contributed by atoms with Crippen LogP contribution in [0.2, 0.25) is 0 Å². The maximum Gasteiger partial charge on any atom is 0.256 e. The van der Waals surface area contributed by atoms with Crippen LogP contribution in [0.15, 0.2) is 48.5 Å². The summed E-state index contributed by atoms with van der Waals surface area (Å²) in [6.07, 6.45) is 3.62. The molecule has 1 aromatic heterocycles. The van der Waals surface area contributed by atoms with Gasteiger partial charge >= 0.3 is 0 Å². The first-order valence-corrected chi connectivity index (χ1v) is 15.0. The largest absolute Gasteiger partial charge is 0.359 e. The quantitative estimate of drug-likeness (QED) is 0.207. The van der Waals surface area contributed by atoms with E-state index in [1.165, 1.54) is 0 Å². The Morgan fingerprint density at radius 2 is 1.76 bits per heavy atom. The van der Waals surface area contributed by atoms with E-state index in [1.54, 1.807) is 18.2 Å². The van der Waals surface area contributed by atoms with Gasteiger partial charge in [-0.15, -0.1) is 0 Å². The number of carbonyl (C=O) groups is 3. The Labute approximate surface area is 249 Å². The van der Waals surface area contributed by atoms with Gasteiger partial charge in [0.15, 0.2) is 0 Å². The third-order valence-corrected chi connectivity index (χ3v) is 8.15. The molecule has 8 nitrogen and oxygen atoms in total. The van der Waals surface area contributed by atoms with E-state index in [9.17, 15) is 14.4 Å². The number of carbonyl (C=O) groups excluding carboxylic acids is 3. The second-order valence-corrected chi connectivity index (χ2v) is 10.8. The molecule has 2 aromatic carbocycles. The van der Waals surface area contributed by atoms with Crippen LogP contribution in [0.4, 0.5) is 5.69 Å². The molecule has 3 amide bonds. The zero-order valence-corrected chi connectivity index (χ0v) is 25.4. The molecule has 222 valence electrons. The van der Waals surface area contributed by atoms with Gasteiger partial charge in [0.25, 0.3) is 11.8 Å². The smallest absolute Gasteiger partial charge is 0.256 e. The Kier molecular flexibility index (Phi) is 10.4. The van der Waals surface area contributed by atoms with Crippen LogP contribution in [0.3, 0.4) is 0 Å². The molecule has 0 saturated heterocycles. The fraction of sp³-hybridized carbons (Fsp3) is 0.382. The number of aromatic nitrogens is 1. The molecule has 0 radical (unpaired) electrons. The molecule has 1 unspecified atom stereocenters. The molecule has 1 aliphatic rings. The lowest BCUT2D eigenvalue weighted by atomic mass is 10.00. The molecule has 8 heteroatoms. The molecule has 42 heavy (non-hydrogen) atoms. The summed E-state index contributed by atoms with van der Waals surface area (Å²) in [5.74, 6) is -0.356. The lowest BCUT2D eigenvalue weighted by Gasteiger charge is -2.17. The number of hydrogen-bond acceptors (Lipinski definition) is 4. The molecule has 2 heterocycles. The average molecular weight is 570 g/mol. The summed E-state index contributed by atoms with van der Waals surface area (Å²) in [6.45, 7) is 13.7. The number of hydrogen-bond donors (Lipinski definition) is 4. The molecule has 0 bridgehead atoms. The lowest BCUT2D eigenvalue weighted by Crippen LogP contribution is -2.34. The third-order valence-electron chi connectivity index (χ3n) is 8.15. The summed E-state index contributed by atoms with van der Waals surface area (Å²) in [5, 5.41) is 9.07. The van der Waals surface area contributed by atoms with Gasteiger partial charge in [0.1, 0.15) is 0 Å². The van der Waals surface area contributed by atoms with Crippen molar-refractivity contribution in [2.24, 2.45) is 0 Å². The maximum absolute atomic E-state index is 13.2. The van der Waals surface area contributed by atoms with Gasteiger partial charge in [-0.3, -0.25) is 14.4 Å². The van der Waals surface area contributed by atoms with E-state index in [4.69, 9.17) is 0 Å². The van der Waals surface area contributed by atoms with Crippen molar-refractivity contribution in [1.29, 1.82) is 0 Å². The monoisotopic (exact) mass is 569 g/mol. The molecule has 0 saturated carbocycles. The van der Waals surface area contributed by atoms with Crippen LogP contribution in [0.1, 0.15) is 83.7 Å². The molecular formula is C34H43N5O3. The summed E-state index contributed by atoms with van der Waals surface area (Å²) >= 11 is 0. The number of fused-ring (bicyclic) bond motifs is 1. The van der Waals surface area contributed by atoms with Crippen molar-refractivity contribution in [3.05, 3.63) is 87.7 Å². The van der Waals surface area contributed by atoms with Gasteiger partial charge in [0.2, 0.25) is 5.91 Å². The van der Waals surface area contributed by atoms with Gasteiger partial charge in [-0.25, -0.2) is 0 Å². The summed E-state index contributed by atoms with van der Waals surface area (Å²) in [4.78, 5) is 44.4. The fourth-order valence-corrected chi connectivity index (χ4v) is 5.52. The molecule has 0 fully saturated rings. The molecule has 1 atom stereocenters. The Bertz CT molecular complexity index is 1450. The van der Waals surface area contributed by atoms with Gasteiger partial charge in [0.05, 0.1) is 11.6 Å². The van der Waals surface area contributed by atoms with Crippen LogP contribution < -0.4 is 16.0 Å². The number of aromatic amines is 1. The van der Waals surface area contributed by atoms with Gasteiger partial charge in [-0.1, -0.05) is 51.1 Å². The predicted molar refractivity (Wildman–Crippen MR) is 169 cm³/mol. The van der Waals surface area contributed by atoms with Crippen LogP contribution in [0, 0.1) is 13.8 Å². The van der Waals surface area contributed by atoms with Crippen LogP contribution in [-0.2, 0) is 16.0 Å². The van der Waals surface area contributed by atoms with Crippen molar-refractivity contribution in [3.63, 3.8) is 0 Å². The first kappa shape index (κ1) is 30.8. The number of H-pyrrole nitrogens is 1. The number of likely N-dealkylation sites (N-methyl/N-ethyl adjacent to an activating group) is 1.